The van der Waals surface area contributed by atoms with E-state index >= 15 is 0 Å². The number of aliphatic hydroxyl groups excluding tert-OH is 1. The fourth-order valence-electron chi connectivity index (χ4n) is 6.16. The SMILES string of the molecule is CC(C)(C)[Si](C)(C)O[C@@H]1[C@@H]2NP(=O)(O)OC[C@H]3O[C@@H](n4cnc5c(=O)[nH]c(N)nc54)[C@H](O)[C@@H]3NP(=O)(O)OC[C@H]2O[C@H]1n1cnc2c(N)ncnc21. The van der Waals surface area contributed by atoms with Crippen molar-refractivity contribution < 1.29 is 47.0 Å². The highest BCUT2D eigenvalue weighted by molar-refractivity contribution is 7.50. The normalized spacial score (nSPS) is 34.9. The molecule has 10 atom stereocenters. The molecule has 4 aromatic rings. The molecule has 0 saturated carbocycles. The summed E-state index contributed by atoms with van der Waals surface area (Å²) in [6.07, 6.45) is -3.75. The van der Waals surface area contributed by atoms with Gasteiger partial charge < -0.3 is 40.3 Å². The summed E-state index contributed by atoms with van der Waals surface area (Å²) in [5, 5.41) is 16.1. The second-order valence-electron chi connectivity index (χ2n) is 14.3. The van der Waals surface area contributed by atoms with Crippen molar-refractivity contribution in [3.8, 4) is 0 Å². The van der Waals surface area contributed by atoms with Crippen LogP contribution in [0.2, 0.25) is 18.1 Å². The molecule has 3 fully saturated rings. The van der Waals surface area contributed by atoms with Gasteiger partial charge in [-0.25, -0.2) is 39.2 Å². The molecule has 26 heteroatoms. The minimum Gasteiger partial charge on any atom is -0.408 e. The third-order valence-corrected chi connectivity index (χ3v) is 16.5. The van der Waals surface area contributed by atoms with Crippen LogP contribution in [-0.4, -0.2) is 112 Å². The van der Waals surface area contributed by atoms with Gasteiger partial charge in [-0.15, -0.1) is 0 Å². The maximum Gasteiger partial charge on any atom is 0.403 e. The molecule has 7 rings (SSSR count). The first-order chi connectivity index (χ1) is 24.3. The topological polar surface area (TPSA) is 324 Å². The second-order valence-corrected chi connectivity index (χ2v) is 22.1. The number of imidazole rings is 2. The van der Waals surface area contributed by atoms with Gasteiger partial charge in [-0.05, 0) is 18.1 Å². The van der Waals surface area contributed by atoms with Crippen molar-refractivity contribution in [2.24, 2.45) is 0 Å². The van der Waals surface area contributed by atoms with E-state index in [0.717, 1.165) is 0 Å². The second kappa shape index (κ2) is 13.0. The van der Waals surface area contributed by atoms with Crippen molar-refractivity contribution in [2.45, 2.75) is 87.9 Å². The highest BCUT2D eigenvalue weighted by Gasteiger charge is 2.55. The van der Waals surface area contributed by atoms with Crippen molar-refractivity contribution >= 4 is 57.9 Å². The molecule has 3 aliphatic rings. The third-order valence-electron chi connectivity index (χ3n) is 9.80. The Hall–Kier alpha value is -3.22. The molecular formula is C26H40N12O11P2Si. The summed E-state index contributed by atoms with van der Waals surface area (Å²) < 4.78 is 60.5. The molecule has 0 radical (unpaired) electrons. The van der Waals surface area contributed by atoms with Crippen molar-refractivity contribution in [3.63, 3.8) is 0 Å². The van der Waals surface area contributed by atoms with Crippen LogP contribution in [-0.2, 0) is 32.1 Å². The Morgan fingerprint density at radius 3 is 2.13 bits per heavy atom. The van der Waals surface area contributed by atoms with Crippen LogP contribution in [0, 0.1) is 0 Å². The quantitative estimate of drug-likeness (QED) is 0.0983. The minimum absolute atomic E-state index is 0.0476. The first-order valence-electron chi connectivity index (χ1n) is 16.1. The van der Waals surface area contributed by atoms with E-state index in [1.54, 1.807) is 4.57 Å². The largest absolute Gasteiger partial charge is 0.408 e. The number of aromatic nitrogens is 8. The first kappa shape index (κ1) is 37.1. The summed E-state index contributed by atoms with van der Waals surface area (Å²) in [5.41, 5.74) is 11.5. The fourth-order valence-corrected chi connectivity index (χ4v) is 9.69. The molecule has 7 heterocycles. The molecule has 0 spiro atoms. The fraction of sp³-hybridized carbons (Fsp3) is 0.615. The molecule has 10 N–H and O–H groups in total. The number of rotatable bonds is 4. The van der Waals surface area contributed by atoms with E-state index < -0.39 is 91.5 Å². The van der Waals surface area contributed by atoms with E-state index in [1.807, 2.05) is 33.9 Å². The summed E-state index contributed by atoms with van der Waals surface area (Å²) in [7, 11) is -12.3. The molecule has 4 aromatic heterocycles. The number of nitrogens with two attached hydrogens (primary N) is 2. The van der Waals surface area contributed by atoms with Gasteiger partial charge in [0.2, 0.25) is 5.95 Å². The number of hydrogen-bond acceptors (Lipinski definition) is 16. The smallest absolute Gasteiger partial charge is 0.403 e. The molecule has 3 saturated heterocycles. The van der Waals surface area contributed by atoms with Gasteiger partial charge in [-0.2, -0.15) is 4.98 Å². The molecule has 284 valence electrons. The van der Waals surface area contributed by atoms with Gasteiger partial charge >= 0.3 is 15.5 Å². The van der Waals surface area contributed by atoms with E-state index in [4.69, 9.17) is 34.4 Å². The summed E-state index contributed by atoms with van der Waals surface area (Å²) in [6.45, 7) is 8.74. The number of nitrogen functional groups attached to an aromatic ring is 2. The van der Waals surface area contributed by atoms with Crippen molar-refractivity contribution in [1.29, 1.82) is 0 Å². The maximum absolute atomic E-state index is 13.8. The van der Waals surface area contributed by atoms with E-state index in [-0.39, 0.29) is 33.5 Å². The van der Waals surface area contributed by atoms with Crippen LogP contribution in [0.4, 0.5) is 11.8 Å². The predicted octanol–water partition coefficient (Wildman–Crippen LogP) is -0.166. The molecule has 0 bridgehead atoms. The number of aromatic amines is 1. The monoisotopic (exact) mass is 786 g/mol. The zero-order valence-electron chi connectivity index (χ0n) is 28.6. The Kier molecular flexibility index (Phi) is 9.26. The lowest BCUT2D eigenvalue weighted by Gasteiger charge is -2.41. The van der Waals surface area contributed by atoms with Crippen molar-refractivity contribution in [1.82, 2.24) is 49.2 Å². The summed E-state index contributed by atoms with van der Waals surface area (Å²) >= 11 is 0. The lowest BCUT2D eigenvalue weighted by atomic mass is 10.1. The molecule has 52 heavy (non-hydrogen) atoms. The van der Waals surface area contributed by atoms with Gasteiger partial charge in [0.25, 0.3) is 5.56 Å². The number of nitrogens with zero attached hydrogens (tertiary/aromatic N) is 7. The zero-order chi connectivity index (χ0) is 37.5. The van der Waals surface area contributed by atoms with Crippen LogP contribution in [0.5, 0.6) is 0 Å². The molecule has 2 unspecified atom stereocenters. The van der Waals surface area contributed by atoms with Crippen molar-refractivity contribution in [2.75, 3.05) is 24.7 Å². The number of H-pyrrole nitrogens is 1. The molecule has 0 aliphatic carbocycles. The highest BCUT2D eigenvalue weighted by atomic mass is 31.2. The van der Waals surface area contributed by atoms with E-state index in [9.17, 15) is 28.8 Å². The number of nitrogens with one attached hydrogen (secondary N) is 3. The standard InChI is InChI=1S/C26H40N12O11P2Si/c1-26(2,3)52(4,5)49-18-14-12(48-24(18)37-9-31-15-19(27)29-8-30-20(15)37)7-46-50(41,42)35-13-11(6-45-51(43,44)36-14)47-23(17(13)39)38-10-32-16-21(38)33-25(28)34-22(16)40/h8-14,17-18,23-24,39H,6-7H2,1-5H3,(H2,27,29,30)(H2,35,41,42)(H2,36,43,44)(H3,28,33,34,40)/t11-,12-,13-,14-,17-,18-,23-,24-/m1/s1. The average molecular weight is 787 g/mol. The first-order valence-corrected chi connectivity index (χ1v) is 22.1. The third kappa shape index (κ3) is 6.72. The Morgan fingerprint density at radius 1 is 0.904 bits per heavy atom. The van der Waals surface area contributed by atoms with Crippen LogP contribution < -0.4 is 27.2 Å². The molecular weight excluding hydrogens is 746 g/mol. The predicted molar refractivity (Wildman–Crippen MR) is 184 cm³/mol. The summed E-state index contributed by atoms with van der Waals surface area (Å²) in [6, 6.07) is -2.58. The van der Waals surface area contributed by atoms with Crippen LogP contribution >= 0.6 is 15.5 Å². The van der Waals surface area contributed by atoms with E-state index in [0.29, 0.717) is 5.65 Å². The summed E-state index contributed by atoms with van der Waals surface area (Å²) in [5.74, 6) is -0.116. The zero-order valence-corrected chi connectivity index (χ0v) is 31.3. The van der Waals surface area contributed by atoms with Gasteiger partial charge in [0.1, 0.15) is 36.3 Å². The number of ether oxygens (including phenoxy) is 2. The van der Waals surface area contributed by atoms with Gasteiger partial charge in [-0.1, -0.05) is 20.8 Å². The Bertz CT molecular complexity index is 2160. The van der Waals surface area contributed by atoms with Gasteiger partial charge in [-0.3, -0.25) is 28.0 Å². The molecule has 3 aliphatic heterocycles. The minimum atomic E-state index is -4.80. The van der Waals surface area contributed by atoms with Gasteiger partial charge in [0.15, 0.2) is 43.4 Å². The Labute approximate surface area is 295 Å². The molecule has 23 nitrogen and oxygen atoms in total. The summed E-state index contributed by atoms with van der Waals surface area (Å²) in [4.78, 5) is 57.7. The van der Waals surface area contributed by atoms with Crippen molar-refractivity contribution in [3.05, 3.63) is 29.3 Å². The van der Waals surface area contributed by atoms with Crippen LogP contribution in [0.3, 0.4) is 0 Å². The Balaban J connectivity index is 1.23. The Morgan fingerprint density at radius 2 is 1.48 bits per heavy atom. The lowest BCUT2D eigenvalue weighted by molar-refractivity contribution is -0.0477. The van der Waals surface area contributed by atoms with E-state index in [1.165, 1.54) is 23.5 Å². The maximum atomic E-state index is 13.8. The number of anilines is 2. The number of aliphatic hydroxyl groups is 1. The molecule has 0 amide bonds. The van der Waals surface area contributed by atoms with Crippen LogP contribution in [0.15, 0.2) is 23.8 Å². The van der Waals surface area contributed by atoms with Gasteiger partial charge in [0, 0.05) is 0 Å². The molecule has 0 aromatic carbocycles. The highest BCUT2D eigenvalue weighted by Crippen LogP contribution is 2.49. The van der Waals surface area contributed by atoms with Crippen LogP contribution in [0.1, 0.15) is 33.2 Å². The van der Waals surface area contributed by atoms with Crippen LogP contribution in [0.25, 0.3) is 22.3 Å². The number of fused-ring (bicyclic) bond motifs is 4. The average Bonchev–Trinajstić information content (AvgIpc) is 3.80. The lowest BCUT2D eigenvalue weighted by Crippen LogP contribution is -2.53. The van der Waals surface area contributed by atoms with Gasteiger partial charge in [0.05, 0.1) is 38.0 Å². The number of hydrogen-bond donors (Lipinski definition) is 8. The van der Waals surface area contributed by atoms with E-state index in [2.05, 4.69) is 40.1 Å².